The zero-order valence-electron chi connectivity index (χ0n) is 5.22. The van der Waals surface area contributed by atoms with Crippen molar-refractivity contribution in [1.29, 1.82) is 0 Å². The van der Waals surface area contributed by atoms with Gasteiger partial charge >= 0.3 is 0 Å². The predicted octanol–water partition coefficient (Wildman–Crippen LogP) is -0.399. The van der Waals surface area contributed by atoms with Gasteiger partial charge in [0, 0.05) is 6.54 Å². The third-order valence-electron chi connectivity index (χ3n) is 0.570. The standard InChI is InChI=1S/C5H12N2.H2O/c1-2-4-7-5-3-6;/h4H,2-3,5-6H2,1H3;1H2. The molecule has 0 rings (SSSR count). The smallest absolute Gasteiger partial charge is 0.0508 e. The molecule has 0 aromatic carbocycles. The molecule has 0 aromatic rings. The molecule has 0 aromatic heterocycles. The first-order valence-corrected chi connectivity index (χ1v) is 2.60. The Kier molecular flexibility index (Phi) is 12.9. The van der Waals surface area contributed by atoms with Crippen LogP contribution < -0.4 is 5.73 Å². The lowest BCUT2D eigenvalue weighted by Crippen LogP contribution is -2.01. The fraction of sp³-hybridized carbons (Fsp3) is 0.800. The second kappa shape index (κ2) is 9.77. The van der Waals surface area contributed by atoms with E-state index in [9.17, 15) is 0 Å². The van der Waals surface area contributed by atoms with Gasteiger partial charge in [-0.15, -0.1) is 0 Å². The molecule has 3 nitrogen and oxygen atoms in total. The molecule has 0 aliphatic rings. The Morgan fingerprint density at radius 1 is 1.62 bits per heavy atom. The lowest BCUT2D eigenvalue weighted by molar-refractivity contribution is 0.824. The summed E-state index contributed by atoms with van der Waals surface area (Å²) in [6.07, 6.45) is 2.90. The van der Waals surface area contributed by atoms with Crippen LogP contribution in [0.2, 0.25) is 0 Å². The van der Waals surface area contributed by atoms with Crippen LogP contribution in [0.4, 0.5) is 0 Å². The minimum absolute atomic E-state index is 0. The Labute approximate surface area is 49.9 Å². The molecule has 0 fully saturated rings. The van der Waals surface area contributed by atoms with Crippen molar-refractivity contribution in [1.82, 2.24) is 0 Å². The van der Waals surface area contributed by atoms with Crippen molar-refractivity contribution < 1.29 is 5.48 Å². The topological polar surface area (TPSA) is 69.9 Å². The van der Waals surface area contributed by atoms with Crippen molar-refractivity contribution in [2.75, 3.05) is 13.1 Å². The lowest BCUT2D eigenvalue weighted by atomic mass is 10.5. The number of nitrogens with zero attached hydrogens (tertiary/aromatic N) is 1. The van der Waals surface area contributed by atoms with Crippen molar-refractivity contribution in [2.45, 2.75) is 13.3 Å². The highest BCUT2D eigenvalue weighted by Crippen LogP contribution is 1.67. The molecule has 0 radical (unpaired) electrons. The van der Waals surface area contributed by atoms with E-state index in [1.165, 1.54) is 0 Å². The van der Waals surface area contributed by atoms with Crippen molar-refractivity contribution in [3.05, 3.63) is 0 Å². The van der Waals surface area contributed by atoms with E-state index in [1.807, 2.05) is 6.21 Å². The van der Waals surface area contributed by atoms with Crippen LogP contribution in [-0.4, -0.2) is 24.8 Å². The van der Waals surface area contributed by atoms with Crippen LogP contribution in [0.1, 0.15) is 13.3 Å². The monoisotopic (exact) mass is 118 g/mol. The van der Waals surface area contributed by atoms with Gasteiger partial charge in [-0.1, -0.05) is 6.92 Å². The molecule has 50 valence electrons. The van der Waals surface area contributed by atoms with Crippen molar-refractivity contribution in [3.63, 3.8) is 0 Å². The molecular weight excluding hydrogens is 104 g/mol. The van der Waals surface area contributed by atoms with E-state index in [-0.39, 0.29) is 5.48 Å². The van der Waals surface area contributed by atoms with Crippen LogP contribution in [0, 0.1) is 0 Å². The van der Waals surface area contributed by atoms with Crippen molar-refractivity contribution in [2.24, 2.45) is 10.7 Å². The highest BCUT2D eigenvalue weighted by atomic mass is 16.0. The van der Waals surface area contributed by atoms with Crippen LogP contribution in [0.25, 0.3) is 0 Å². The largest absolute Gasteiger partial charge is 0.412 e. The third kappa shape index (κ3) is 9.14. The second-order valence-electron chi connectivity index (χ2n) is 1.29. The summed E-state index contributed by atoms with van der Waals surface area (Å²) < 4.78 is 0. The quantitative estimate of drug-likeness (QED) is 0.503. The lowest BCUT2D eigenvalue weighted by Gasteiger charge is -1.81. The van der Waals surface area contributed by atoms with Gasteiger partial charge in [0.1, 0.15) is 0 Å². The van der Waals surface area contributed by atoms with Crippen LogP contribution in [0.5, 0.6) is 0 Å². The summed E-state index contributed by atoms with van der Waals surface area (Å²) in [6, 6.07) is 0. The van der Waals surface area contributed by atoms with Gasteiger partial charge in [0.2, 0.25) is 0 Å². The predicted molar refractivity (Wildman–Crippen MR) is 36.3 cm³/mol. The Balaban J connectivity index is 0. The Bertz CT molecular complexity index is 54.4. The molecule has 0 spiro atoms. The fourth-order valence-corrected chi connectivity index (χ4v) is 0.295. The average Bonchev–Trinajstić information content (AvgIpc) is 1.69. The minimum atomic E-state index is 0. The first kappa shape index (κ1) is 10.5. The first-order chi connectivity index (χ1) is 3.41. The maximum Gasteiger partial charge on any atom is 0.0508 e. The number of nitrogens with two attached hydrogens (primary N) is 1. The normalized spacial score (nSPS) is 9.25. The zero-order valence-corrected chi connectivity index (χ0v) is 5.22. The molecule has 0 saturated heterocycles. The van der Waals surface area contributed by atoms with Crippen LogP contribution in [-0.2, 0) is 0 Å². The SMILES string of the molecule is CCC=NCCN.O. The van der Waals surface area contributed by atoms with Gasteiger partial charge in [0.05, 0.1) is 6.54 Å². The van der Waals surface area contributed by atoms with Crippen LogP contribution >= 0.6 is 0 Å². The highest BCUT2D eigenvalue weighted by molar-refractivity contribution is 5.56. The maximum absolute atomic E-state index is 5.16. The Morgan fingerprint density at radius 3 is 2.62 bits per heavy atom. The van der Waals surface area contributed by atoms with E-state index in [1.54, 1.807) is 0 Å². The summed E-state index contributed by atoms with van der Waals surface area (Å²) in [4.78, 5) is 3.96. The molecule has 0 aliphatic heterocycles. The van der Waals surface area contributed by atoms with Gasteiger partial charge in [-0.25, -0.2) is 0 Å². The number of aliphatic imine (C=N–C) groups is 1. The van der Waals surface area contributed by atoms with Crippen molar-refractivity contribution >= 4 is 6.21 Å². The molecule has 8 heavy (non-hydrogen) atoms. The molecule has 0 aliphatic carbocycles. The second-order valence-corrected chi connectivity index (χ2v) is 1.29. The van der Waals surface area contributed by atoms with E-state index < -0.39 is 0 Å². The number of hydrogen-bond acceptors (Lipinski definition) is 2. The average molecular weight is 118 g/mol. The summed E-state index contributed by atoms with van der Waals surface area (Å²) in [5.74, 6) is 0. The summed E-state index contributed by atoms with van der Waals surface area (Å²) in [5, 5.41) is 0. The summed E-state index contributed by atoms with van der Waals surface area (Å²) in [7, 11) is 0. The molecule has 3 heteroatoms. The van der Waals surface area contributed by atoms with Gasteiger partial charge in [0.25, 0.3) is 0 Å². The summed E-state index contributed by atoms with van der Waals surface area (Å²) >= 11 is 0. The Morgan fingerprint density at radius 2 is 2.25 bits per heavy atom. The van der Waals surface area contributed by atoms with Gasteiger partial charge < -0.3 is 11.2 Å². The van der Waals surface area contributed by atoms with Crippen LogP contribution in [0.3, 0.4) is 0 Å². The molecular formula is C5H14N2O. The van der Waals surface area contributed by atoms with E-state index in [2.05, 4.69) is 11.9 Å². The number of rotatable bonds is 3. The molecule has 0 atom stereocenters. The van der Waals surface area contributed by atoms with Gasteiger partial charge in [0.15, 0.2) is 0 Å². The zero-order chi connectivity index (χ0) is 5.54. The van der Waals surface area contributed by atoms with Gasteiger partial charge in [-0.3, -0.25) is 4.99 Å². The van der Waals surface area contributed by atoms with E-state index in [0.717, 1.165) is 13.0 Å². The summed E-state index contributed by atoms with van der Waals surface area (Å²) in [6.45, 7) is 3.49. The van der Waals surface area contributed by atoms with Crippen LogP contribution in [0.15, 0.2) is 4.99 Å². The molecule has 4 N–H and O–H groups in total. The molecule has 0 saturated carbocycles. The molecule has 0 bridgehead atoms. The summed E-state index contributed by atoms with van der Waals surface area (Å²) in [5.41, 5.74) is 5.16. The van der Waals surface area contributed by atoms with Crippen molar-refractivity contribution in [3.8, 4) is 0 Å². The molecule has 0 unspecified atom stereocenters. The fourth-order valence-electron chi connectivity index (χ4n) is 0.295. The Hall–Kier alpha value is -0.410. The maximum atomic E-state index is 5.16. The van der Waals surface area contributed by atoms with Gasteiger partial charge in [-0.2, -0.15) is 0 Å². The minimum Gasteiger partial charge on any atom is -0.412 e. The molecule has 0 amide bonds. The molecule has 0 heterocycles. The number of hydrogen-bond donors (Lipinski definition) is 1. The van der Waals surface area contributed by atoms with E-state index in [4.69, 9.17) is 5.73 Å². The van der Waals surface area contributed by atoms with E-state index >= 15 is 0 Å². The highest BCUT2D eigenvalue weighted by Gasteiger charge is 1.67. The first-order valence-electron chi connectivity index (χ1n) is 2.60. The third-order valence-corrected chi connectivity index (χ3v) is 0.570. The van der Waals surface area contributed by atoms with E-state index in [0.29, 0.717) is 6.54 Å². The van der Waals surface area contributed by atoms with Gasteiger partial charge in [-0.05, 0) is 12.6 Å².